The number of benzene rings is 1. The SMILES string of the molecule is NC(=O)C(Cc1ccc(C(F)(F)F)cc1)Sc1n[nH]c(=O)n1CC1CCCO1. The van der Waals surface area contributed by atoms with Gasteiger partial charge in [-0.25, -0.2) is 9.89 Å². The van der Waals surface area contributed by atoms with Crippen LogP contribution < -0.4 is 11.4 Å². The van der Waals surface area contributed by atoms with Gasteiger partial charge in [-0.2, -0.15) is 13.2 Å². The van der Waals surface area contributed by atoms with E-state index in [1.165, 1.54) is 16.7 Å². The Morgan fingerprint density at radius 1 is 1.39 bits per heavy atom. The molecule has 152 valence electrons. The number of aromatic nitrogens is 3. The highest BCUT2D eigenvalue weighted by Crippen LogP contribution is 2.30. The average molecular weight is 416 g/mol. The van der Waals surface area contributed by atoms with Gasteiger partial charge in [-0.15, -0.1) is 5.10 Å². The number of thioether (sulfide) groups is 1. The van der Waals surface area contributed by atoms with Crippen molar-refractivity contribution in [2.24, 2.45) is 5.73 Å². The summed E-state index contributed by atoms with van der Waals surface area (Å²) in [6.07, 6.45) is -2.68. The molecule has 2 atom stereocenters. The Labute approximate surface area is 162 Å². The number of hydrogen-bond donors (Lipinski definition) is 2. The Kier molecular flexibility index (Phi) is 6.14. The molecule has 2 unspecified atom stereocenters. The number of halogens is 3. The Morgan fingerprint density at radius 3 is 2.68 bits per heavy atom. The second-order valence-corrected chi connectivity index (χ2v) is 7.63. The van der Waals surface area contributed by atoms with Crippen molar-refractivity contribution in [3.05, 3.63) is 45.9 Å². The number of carbonyl (C=O) groups is 1. The smallest absolute Gasteiger partial charge is 0.376 e. The second kappa shape index (κ2) is 8.39. The largest absolute Gasteiger partial charge is 0.416 e. The van der Waals surface area contributed by atoms with Gasteiger partial charge in [-0.3, -0.25) is 9.36 Å². The van der Waals surface area contributed by atoms with Crippen LogP contribution in [0.3, 0.4) is 0 Å². The molecule has 3 N–H and O–H groups in total. The van der Waals surface area contributed by atoms with Gasteiger partial charge in [0.2, 0.25) is 5.91 Å². The van der Waals surface area contributed by atoms with Crippen molar-refractivity contribution in [3.8, 4) is 0 Å². The molecule has 1 aliphatic rings. The summed E-state index contributed by atoms with van der Waals surface area (Å²) in [4.78, 5) is 23.9. The van der Waals surface area contributed by atoms with E-state index in [0.717, 1.165) is 36.7 Å². The van der Waals surface area contributed by atoms with E-state index in [2.05, 4.69) is 10.2 Å². The lowest BCUT2D eigenvalue weighted by Gasteiger charge is -2.15. The number of rotatable bonds is 7. The molecule has 2 heterocycles. The van der Waals surface area contributed by atoms with Crippen molar-refractivity contribution in [2.75, 3.05) is 6.61 Å². The van der Waals surface area contributed by atoms with Crippen molar-refractivity contribution >= 4 is 17.7 Å². The number of ether oxygens (including phenoxy) is 1. The molecule has 0 saturated carbocycles. The van der Waals surface area contributed by atoms with Gasteiger partial charge < -0.3 is 10.5 Å². The van der Waals surface area contributed by atoms with Crippen LogP contribution in [0.2, 0.25) is 0 Å². The van der Waals surface area contributed by atoms with Gasteiger partial charge in [0.05, 0.1) is 23.5 Å². The number of nitrogens with two attached hydrogens (primary N) is 1. The number of aromatic amines is 1. The van der Waals surface area contributed by atoms with Gasteiger partial charge in [0.1, 0.15) is 0 Å². The van der Waals surface area contributed by atoms with Crippen LogP contribution in [-0.2, 0) is 28.7 Å². The molecule has 1 amide bonds. The lowest BCUT2D eigenvalue weighted by Crippen LogP contribution is -2.29. The highest BCUT2D eigenvalue weighted by molar-refractivity contribution is 8.00. The molecule has 1 saturated heterocycles. The molecule has 0 spiro atoms. The van der Waals surface area contributed by atoms with E-state index in [-0.39, 0.29) is 17.7 Å². The van der Waals surface area contributed by atoms with E-state index in [4.69, 9.17) is 10.5 Å². The normalized spacial score (nSPS) is 18.3. The maximum atomic E-state index is 12.7. The van der Waals surface area contributed by atoms with Gasteiger partial charge in [-0.05, 0) is 37.0 Å². The van der Waals surface area contributed by atoms with Crippen LogP contribution in [0, 0.1) is 0 Å². The summed E-state index contributed by atoms with van der Waals surface area (Å²) in [6, 6.07) is 4.53. The Hall–Kier alpha value is -2.27. The van der Waals surface area contributed by atoms with E-state index in [1.807, 2.05) is 0 Å². The van der Waals surface area contributed by atoms with Crippen LogP contribution in [-0.4, -0.2) is 38.6 Å². The molecule has 1 aromatic heterocycles. The molecule has 28 heavy (non-hydrogen) atoms. The van der Waals surface area contributed by atoms with Gasteiger partial charge >= 0.3 is 11.9 Å². The van der Waals surface area contributed by atoms with Gasteiger partial charge in [0, 0.05) is 6.61 Å². The highest BCUT2D eigenvalue weighted by atomic mass is 32.2. The number of nitrogens with one attached hydrogen (secondary N) is 1. The van der Waals surface area contributed by atoms with Crippen LogP contribution >= 0.6 is 11.8 Å². The number of H-pyrrole nitrogens is 1. The molecule has 3 rings (SSSR count). The maximum Gasteiger partial charge on any atom is 0.416 e. The lowest BCUT2D eigenvalue weighted by molar-refractivity contribution is -0.137. The summed E-state index contributed by atoms with van der Waals surface area (Å²) in [5.41, 5.74) is 4.80. The first-order chi connectivity index (χ1) is 13.2. The van der Waals surface area contributed by atoms with Crippen molar-refractivity contribution in [2.45, 2.75) is 48.5 Å². The molecule has 1 aromatic carbocycles. The van der Waals surface area contributed by atoms with Crippen LogP contribution in [0.25, 0.3) is 0 Å². The number of amides is 1. The highest BCUT2D eigenvalue weighted by Gasteiger charge is 2.30. The number of nitrogens with zero attached hydrogens (tertiary/aromatic N) is 2. The molecule has 1 aliphatic heterocycles. The fourth-order valence-corrected chi connectivity index (χ4v) is 3.95. The first-order valence-electron chi connectivity index (χ1n) is 8.63. The maximum absolute atomic E-state index is 12.7. The topological polar surface area (TPSA) is 103 Å². The number of carbonyl (C=O) groups excluding carboxylic acids is 1. The molecule has 1 fully saturated rings. The van der Waals surface area contributed by atoms with Gasteiger partial charge in [0.25, 0.3) is 0 Å². The second-order valence-electron chi connectivity index (χ2n) is 6.46. The zero-order chi connectivity index (χ0) is 20.3. The van der Waals surface area contributed by atoms with Crippen LogP contribution in [0.15, 0.2) is 34.2 Å². The molecular formula is C17H19F3N4O3S. The van der Waals surface area contributed by atoms with E-state index in [1.54, 1.807) is 0 Å². The van der Waals surface area contributed by atoms with Crippen LogP contribution in [0.4, 0.5) is 13.2 Å². The van der Waals surface area contributed by atoms with E-state index >= 15 is 0 Å². The minimum absolute atomic E-state index is 0.100. The summed E-state index contributed by atoms with van der Waals surface area (Å²) >= 11 is 1.00. The summed E-state index contributed by atoms with van der Waals surface area (Å²) in [5.74, 6) is -0.649. The molecule has 0 radical (unpaired) electrons. The molecule has 0 aliphatic carbocycles. The fourth-order valence-electron chi connectivity index (χ4n) is 2.92. The molecular weight excluding hydrogens is 397 g/mol. The quantitative estimate of drug-likeness (QED) is 0.672. The Bertz CT molecular complexity index is 873. The first kappa shape index (κ1) is 20.5. The summed E-state index contributed by atoms with van der Waals surface area (Å²) < 4.78 is 45.0. The van der Waals surface area contributed by atoms with Gasteiger partial charge in [0.15, 0.2) is 5.16 Å². The summed E-state index contributed by atoms with van der Waals surface area (Å²) in [6.45, 7) is 0.945. The third-order valence-corrected chi connectivity index (χ3v) is 5.61. The average Bonchev–Trinajstić information content (AvgIpc) is 3.26. The number of alkyl halides is 3. The third kappa shape index (κ3) is 4.96. The predicted molar refractivity (Wildman–Crippen MR) is 95.8 cm³/mol. The van der Waals surface area contributed by atoms with Crippen molar-refractivity contribution < 1.29 is 22.7 Å². The zero-order valence-electron chi connectivity index (χ0n) is 14.7. The molecule has 11 heteroatoms. The summed E-state index contributed by atoms with van der Waals surface area (Å²) in [5, 5.41) is 5.78. The van der Waals surface area contributed by atoms with E-state index < -0.39 is 28.6 Å². The molecule has 7 nitrogen and oxygen atoms in total. The zero-order valence-corrected chi connectivity index (χ0v) is 15.6. The van der Waals surface area contributed by atoms with Crippen LogP contribution in [0.5, 0.6) is 0 Å². The van der Waals surface area contributed by atoms with Crippen molar-refractivity contribution in [3.63, 3.8) is 0 Å². The third-order valence-electron chi connectivity index (χ3n) is 4.40. The molecule has 0 bridgehead atoms. The number of primary amides is 1. The number of hydrogen-bond acceptors (Lipinski definition) is 5. The first-order valence-corrected chi connectivity index (χ1v) is 9.51. The predicted octanol–water partition coefficient (Wildman–Crippen LogP) is 1.96. The van der Waals surface area contributed by atoms with Crippen LogP contribution in [0.1, 0.15) is 24.0 Å². The van der Waals surface area contributed by atoms with Crippen molar-refractivity contribution in [1.82, 2.24) is 14.8 Å². The van der Waals surface area contributed by atoms with E-state index in [9.17, 15) is 22.8 Å². The minimum atomic E-state index is -4.43. The standard InChI is InChI=1S/C17H19F3N4O3S/c18-17(19,20)11-5-3-10(4-6-11)8-13(14(21)25)28-16-23-22-15(26)24(16)9-12-2-1-7-27-12/h3-6,12-13H,1-2,7-9H2,(H2,21,25)(H,22,26). The van der Waals surface area contributed by atoms with Crippen molar-refractivity contribution in [1.29, 1.82) is 0 Å². The lowest BCUT2D eigenvalue weighted by atomic mass is 10.1. The van der Waals surface area contributed by atoms with E-state index in [0.29, 0.717) is 18.7 Å². The van der Waals surface area contributed by atoms with Gasteiger partial charge in [-0.1, -0.05) is 23.9 Å². The summed E-state index contributed by atoms with van der Waals surface area (Å²) in [7, 11) is 0. The minimum Gasteiger partial charge on any atom is -0.376 e. The monoisotopic (exact) mass is 416 g/mol. The molecule has 2 aromatic rings. The Balaban J connectivity index is 1.73. The Morgan fingerprint density at radius 2 is 2.11 bits per heavy atom. The fraction of sp³-hybridized carbons (Fsp3) is 0.471.